The summed E-state index contributed by atoms with van der Waals surface area (Å²) in [5.74, 6) is -6.52. The zero-order chi connectivity index (χ0) is 41.1. The van der Waals surface area contributed by atoms with E-state index in [1.807, 2.05) is 6.92 Å². The Kier molecular flexibility index (Phi) is 12.4. The summed E-state index contributed by atoms with van der Waals surface area (Å²) < 4.78 is 109. The lowest BCUT2D eigenvalue weighted by Gasteiger charge is -2.47. The van der Waals surface area contributed by atoms with Crippen LogP contribution in [0, 0.1) is 12.7 Å². The van der Waals surface area contributed by atoms with Crippen molar-refractivity contribution in [2.45, 2.75) is 56.8 Å². The zero-order valence-corrected chi connectivity index (χ0v) is 31.0. The average molecular weight is 828 g/mol. The molecule has 4 aromatic rings. The number of carbonyl (C=O) groups excluding carboxylic acids is 3. The number of aromatic amines is 1. The lowest BCUT2D eigenvalue weighted by atomic mass is 9.89. The van der Waals surface area contributed by atoms with Crippen LogP contribution in [0.15, 0.2) is 52.6 Å². The van der Waals surface area contributed by atoms with Crippen molar-refractivity contribution in [1.29, 1.82) is 0 Å². The van der Waals surface area contributed by atoms with Crippen LogP contribution in [0.5, 0.6) is 5.75 Å². The second-order valence-corrected chi connectivity index (χ2v) is 14.8. The maximum Gasteiger partial charge on any atom is 0.491 e. The van der Waals surface area contributed by atoms with Crippen molar-refractivity contribution in [2.24, 2.45) is 0 Å². The fraction of sp³-hybridized carbons (Fsp3) is 0.432. The number of hydrogen-bond acceptors (Lipinski definition) is 11. The smallest absolute Gasteiger partial charge is 0.449 e. The molecular formula is C37H36F7N5O7S. The van der Waals surface area contributed by atoms with Crippen molar-refractivity contribution in [1.82, 2.24) is 25.1 Å². The lowest BCUT2D eigenvalue weighted by Crippen LogP contribution is -2.58. The minimum atomic E-state index is -5.40. The molecule has 2 N–H and O–H groups in total. The first kappa shape index (κ1) is 41.7. The van der Waals surface area contributed by atoms with Crippen molar-refractivity contribution in [3.8, 4) is 5.75 Å². The molecule has 57 heavy (non-hydrogen) atoms. The number of thiazole rings is 1. The number of hydrogen-bond donors (Lipinski definition) is 2. The van der Waals surface area contributed by atoms with Gasteiger partial charge in [0.05, 0.1) is 29.3 Å². The van der Waals surface area contributed by atoms with E-state index in [0.717, 1.165) is 29.3 Å². The van der Waals surface area contributed by atoms with Crippen molar-refractivity contribution < 1.29 is 59.3 Å². The Morgan fingerprint density at radius 1 is 1.00 bits per heavy atom. The van der Waals surface area contributed by atoms with E-state index in [9.17, 15) is 49.9 Å². The molecule has 0 bridgehead atoms. The SMILES string of the molecule is Cc1nc(C(=O)N2CCOC3(CCN(Cc4cc(F)cc(CCNC[C@H](OC(=O)C(F)(F)F)c5ccc(OC(=O)C(F)(F)F)c6[nH]c(=O)ccc56)c4)CC3)C2)cs1. The van der Waals surface area contributed by atoms with Gasteiger partial charge in [-0.15, -0.1) is 11.3 Å². The van der Waals surface area contributed by atoms with Gasteiger partial charge in [0, 0.05) is 55.1 Å². The topological polar surface area (TPSA) is 143 Å². The normalized spacial score (nSPS) is 16.8. The number of halogens is 7. The number of esters is 2. The summed E-state index contributed by atoms with van der Waals surface area (Å²) in [7, 11) is 0. The Balaban J connectivity index is 1.09. The highest BCUT2D eigenvalue weighted by Crippen LogP contribution is 2.35. The summed E-state index contributed by atoms with van der Waals surface area (Å²) in [5, 5.41) is 5.28. The molecule has 2 aromatic heterocycles. The van der Waals surface area contributed by atoms with Crippen molar-refractivity contribution >= 4 is 40.1 Å². The number of nitrogens with zero attached hydrogens (tertiary/aromatic N) is 3. The van der Waals surface area contributed by atoms with Crippen LogP contribution < -0.4 is 15.6 Å². The van der Waals surface area contributed by atoms with Gasteiger partial charge in [-0.3, -0.25) is 14.5 Å². The number of H-pyrrole nitrogens is 1. The number of alkyl halides is 6. The molecule has 1 spiro atoms. The molecule has 2 aliphatic heterocycles. The van der Waals surface area contributed by atoms with Crippen LogP contribution in [-0.2, 0) is 32.0 Å². The summed E-state index contributed by atoms with van der Waals surface area (Å²) in [6.45, 7) is 4.50. The number of rotatable bonds is 11. The first-order valence-electron chi connectivity index (χ1n) is 17.7. The van der Waals surface area contributed by atoms with Crippen molar-refractivity contribution in [3.05, 3.63) is 91.4 Å². The van der Waals surface area contributed by atoms with Crippen LogP contribution in [-0.4, -0.2) is 101 Å². The largest absolute Gasteiger partial charge is 0.491 e. The fourth-order valence-electron chi connectivity index (χ4n) is 6.92. The van der Waals surface area contributed by atoms with E-state index in [4.69, 9.17) is 9.47 Å². The second kappa shape index (κ2) is 16.9. The molecule has 20 heteroatoms. The molecule has 12 nitrogen and oxygen atoms in total. The molecule has 0 saturated carbocycles. The molecule has 1 atom stereocenters. The van der Waals surface area contributed by atoms with Gasteiger partial charge in [-0.2, -0.15) is 26.3 Å². The molecule has 1 amide bonds. The monoisotopic (exact) mass is 827 g/mol. The van der Waals surface area contributed by atoms with Crippen LogP contribution in [0.4, 0.5) is 30.7 Å². The molecule has 0 unspecified atom stereocenters. The highest BCUT2D eigenvalue weighted by atomic mass is 32.1. The first-order valence-corrected chi connectivity index (χ1v) is 18.6. The molecule has 0 aliphatic carbocycles. The highest BCUT2D eigenvalue weighted by molar-refractivity contribution is 7.09. The minimum absolute atomic E-state index is 0.0677. The minimum Gasteiger partial charge on any atom is -0.449 e. The number of nitrogens with one attached hydrogen (secondary N) is 2. The molecule has 0 radical (unpaired) electrons. The molecule has 2 saturated heterocycles. The van der Waals surface area contributed by atoms with Gasteiger partial charge in [0.2, 0.25) is 5.56 Å². The van der Waals surface area contributed by atoms with Crippen LogP contribution >= 0.6 is 11.3 Å². The third-order valence-electron chi connectivity index (χ3n) is 9.64. The number of pyridine rings is 1. The zero-order valence-electron chi connectivity index (χ0n) is 30.2. The van der Waals surface area contributed by atoms with Crippen LogP contribution in [0.2, 0.25) is 0 Å². The van der Waals surface area contributed by atoms with E-state index in [1.165, 1.54) is 23.5 Å². The summed E-state index contributed by atoms with van der Waals surface area (Å²) >= 11 is 1.42. The van der Waals surface area contributed by atoms with Crippen LogP contribution in [0.3, 0.4) is 0 Å². The van der Waals surface area contributed by atoms with Gasteiger partial charge in [0.1, 0.15) is 17.6 Å². The summed E-state index contributed by atoms with van der Waals surface area (Å²) in [4.78, 5) is 59.0. The summed E-state index contributed by atoms with van der Waals surface area (Å²) in [6.07, 6.45) is -11.0. The van der Waals surface area contributed by atoms with Gasteiger partial charge >= 0.3 is 24.3 Å². The molecule has 2 fully saturated rings. The first-order chi connectivity index (χ1) is 26.9. The molecular weight excluding hydrogens is 791 g/mol. The predicted octanol–water partition coefficient (Wildman–Crippen LogP) is 5.39. The Labute approximate surface area is 323 Å². The van der Waals surface area contributed by atoms with E-state index >= 15 is 0 Å². The van der Waals surface area contributed by atoms with E-state index in [-0.39, 0.29) is 29.8 Å². The molecule has 2 aliphatic rings. The Morgan fingerprint density at radius 2 is 1.72 bits per heavy atom. The van der Waals surface area contributed by atoms with Gasteiger partial charge in [-0.1, -0.05) is 12.1 Å². The quantitative estimate of drug-likeness (QED) is 0.0876. The number of piperidine rings is 1. The Bertz CT molecular complexity index is 2180. The lowest BCUT2D eigenvalue weighted by molar-refractivity contribution is -0.205. The summed E-state index contributed by atoms with van der Waals surface area (Å²) in [6, 6.07) is 8.36. The maximum absolute atomic E-state index is 14.8. The number of amides is 1. The Hall–Kier alpha value is -4.92. The average Bonchev–Trinajstić information content (AvgIpc) is 3.59. The number of ether oxygens (including phenoxy) is 3. The van der Waals surface area contributed by atoms with E-state index in [1.54, 1.807) is 16.3 Å². The van der Waals surface area contributed by atoms with Gasteiger partial charge in [-0.05, 0) is 68.1 Å². The van der Waals surface area contributed by atoms with Gasteiger partial charge in [0.25, 0.3) is 5.91 Å². The van der Waals surface area contributed by atoms with Gasteiger partial charge in [-0.25, -0.2) is 19.0 Å². The third kappa shape index (κ3) is 10.3. The highest BCUT2D eigenvalue weighted by Gasteiger charge is 2.44. The third-order valence-corrected chi connectivity index (χ3v) is 10.4. The second-order valence-electron chi connectivity index (χ2n) is 13.8. The fourth-order valence-corrected chi connectivity index (χ4v) is 7.51. The van der Waals surface area contributed by atoms with Crippen LogP contribution in [0.25, 0.3) is 10.9 Å². The van der Waals surface area contributed by atoms with Crippen molar-refractivity contribution in [3.63, 3.8) is 0 Å². The molecule has 6 rings (SSSR count). The van der Waals surface area contributed by atoms with E-state index < -0.39 is 65.2 Å². The van der Waals surface area contributed by atoms with Crippen molar-refractivity contribution in [2.75, 3.05) is 45.9 Å². The number of aryl methyl sites for hydroxylation is 1. The van der Waals surface area contributed by atoms with E-state index in [0.29, 0.717) is 69.0 Å². The molecule has 2 aromatic carbocycles. The maximum atomic E-state index is 14.8. The van der Waals surface area contributed by atoms with Gasteiger partial charge in [0.15, 0.2) is 5.75 Å². The number of morpholine rings is 1. The predicted molar refractivity (Wildman–Crippen MR) is 190 cm³/mol. The number of likely N-dealkylation sites (tertiary alicyclic amines) is 1. The summed E-state index contributed by atoms with van der Waals surface area (Å²) in [5.41, 5.74) is -0.252. The molecule has 4 heterocycles. The molecule has 306 valence electrons. The van der Waals surface area contributed by atoms with E-state index in [2.05, 4.69) is 24.9 Å². The number of carbonyl (C=O) groups is 3. The van der Waals surface area contributed by atoms with Gasteiger partial charge < -0.3 is 29.4 Å². The standard InChI is InChI=1S/C37H36F7N5O7S/c1-21-46-27(19-57-21)32(51)49-12-13-54-35(20-49)7-10-48(11-8-35)18-23-14-22(15-24(38)16-23)6-9-45-17-29(56-34(53)37(42,43)44)25-2-4-28(55-33(52)36(39,40)41)31-26(25)3-5-30(50)47-31/h2-5,14-16,19,29,45H,6-13,17-18,20H2,1H3,(H,47,50)/t29-/m0/s1. The number of aromatic nitrogens is 2. The number of fused-ring (bicyclic) bond motifs is 1. The number of benzene rings is 2. The van der Waals surface area contributed by atoms with Crippen LogP contribution in [0.1, 0.15) is 51.1 Å². The Morgan fingerprint density at radius 3 is 2.40 bits per heavy atom.